The second-order valence-electron chi connectivity index (χ2n) is 5.91. The fraction of sp³-hybridized carbons (Fsp3) is 0.733. The fourth-order valence-corrected chi connectivity index (χ4v) is 4.52. The van der Waals surface area contributed by atoms with Crippen molar-refractivity contribution in [1.82, 2.24) is 10.1 Å². The second-order valence-corrected chi connectivity index (χ2v) is 7.47. The van der Waals surface area contributed by atoms with Crippen LogP contribution in [0.25, 0.3) is 0 Å². The number of rotatable bonds is 2. The number of carbonyl (C=O) groups is 1. The molecule has 0 aromatic carbocycles. The van der Waals surface area contributed by atoms with Gasteiger partial charge in [-0.05, 0) is 26.2 Å². The highest BCUT2D eigenvalue weighted by molar-refractivity contribution is 8.00. The molecule has 1 spiro atoms. The molecule has 0 unspecified atom stereocenters. The van der Waals surface area contributed by atoms with Gasteiger partial charge in [0.2, 0.25) is 0 Å². The van der Waals surface area contributed by atoms with Gasteiger partial charge in [0.05, 0.1) is 0 Å². The highest BCUT2D eigenvalue weighted by Gasteiger charge is 2.39. The Morgan fingerprint density at radius 1 is 1.45 bits per heavy atom. The molecule has 122 valence electrons. The number of nitrogens with one attached hydrogen (secondary N) is 1. The number of urea groups is 1. The van der Waals surface area contributed by atoms with E-state index in [9.17, 15) is 4.79 Å². The van der Waals surface area contributed by atoms with Gasteiger partial charge in [-0.2, -0.15) is 11.8 Å². The molecule has 0 atom stereocenters. The van der Waals surface area contributed by atoms with E-state index >= 15 is 0 Å². The fourth-order valence-electron chi connectivity index (χ4n) is 3.07. The van der Waals surface area contributed by atoms with E-state index in [1.165, 1.54) is 0 Å². The minimum absolute atomic E-state index is 0.0489. The Morgan fingerprint density at radius 3 is 2.95 bits per heavy atom. The molecule has 2 amide bonds. The Kier molecular flexibility index (Phi) is 4.63. The lowest BCUT2D eigenvalue weighted by atomic mass is 9.98. The first-order valence-electron chi connectivity index (χ1n) is 7.86. The summed E-state index contributed by atoms with van der Waals surface area (Å²) >= 11 is 1.99. The molecule has 3 rings (SSSR count). The molecule has 1 N–H and O–H groups in total. The number of anilines is 1. The molecule has 2 aliphatic heterocycles. The number of nitrogens with zero attached hydrogens (tertiary/aromatic N) is 2. The van der Waals surface area contributed by atoms with Crippen molar-refractivity contribution in [3.8, 4) is 0 Å². The van der Waals surface area contributed by atoms with Gasteiger partial charge in [-0.1, -0.05) is 12.1 Å². The average molecular weight is 325 g/mol. The van der Waals surface area contributed by atoms with E-state index in [2.05, 4.69) is 10.5 Å². The molecule has 7 heteroatoms. The van der Waals surface area contributed by atoms with E-state index in [0.29, 0.717) is 5.76 Å². The number of amides is 2. The van der Waals surface area contributed by atoms with Crippen LogP contribution in [0.4, 0.5) is 10.5 Å². The standard InChI is InChI=1S/C15H23N3O3S/c1-3-12-13(11(2)21-17-12)16-14(19)18-6-9-22-15(10-18)4-7-20-8-5-15/h3-10H2,1-2H3,(H,16,19). The first kappa shape index (κ1) is 15.7. The van der Waals surface area contributed by atoms with Gasteiger partial charge < -0.3 is 19.5 Å². The number of ether oxygens (including phenoxy) is 1. The number of thioether (sulfide) groups is 1. The maximum Gasteiger partial charge on any atom is 0.322 e. The van der Waals surface area contributed by atoms with Crippen molar-refractivity contribution in [2.24, 2.45) is 0 Å². The van der Waals surface area contributed by atoms with Crippen LogP contribution in [-0.2, 0) is 11.2 Å². The zero-order valence-corrected chi connectivity index (χ0v) is 14.0. The third kappa shape index (κ3) is 3.10. The maximum atomic E-state index is 12.6. The third-order valence-electron chi connectivity index (χ3n) is 4.44. The van der Waals surface area contributed by atoms with Crippen LogP contribution in [-0.4, -0.2) is 52.9 Å². The molecular formula is C15H23N3O3S. The normalized spacial score (nSPS) is 21.1. The van der Waals surface area contributed by atoms with E-state index in [1.54, 1.807) is 0 Å². The van der Waals surface area contributed by atoms with Gasteiger partial charge in [-0.15, -0.1) is 0 Å². The first-order valence-corrected chi connectivity index (χ1v) is 8.85. The largest absolute Gasteiger partial charge is 0.381 e. The van der Waals surface area contributed by atoms with Crippen molar-refractivity contribution in [2.45, 2.75) is 37.9 Å². The molecule has 0 radical (unpaired) electrons. The summed E-state index contributed by atoms with van der Waals surface area (Å²) in [6, 6.07) is -0.0489. The zero-order chi connectivity index (χ0) is 15.6. The second kappa shape index (κ2) is 6.50. The summed E-state index contributed by atoms with van der Waals surface area (Å²) in [4.78, 5) is 14.5. The summed E-state index contributed by atoms with van der Waals surface area (Å²) in [7, 11) is 0. The van der Waals surface area contributed by atoms with Crippen molar-refractivity contribution in [3.63, 3.8) is 0 Å². The monoisotopic (exact) mass is 325 g/mol. The average Bonchev–Trinajstić information content (AvgIpc) is 2.88. The Morgan fingerprint density at radius 2 is 2.23 bits per heavy atom. The van der Waals surface area contributed by atoms with Crippen LogP contribution in [0.5, 0.6) is 0 Å². The van der Waals surface area contributed by atoms with E-state index in [-0.39, 0.29) is 10.8 Å². The van der Waals surface area contributed by atoms with Gasteiger partial charge in [-0.3, -0.25) is 0 Å². The summed E-state index contributed by atoms with van der Waals surface area (Å²) < 4.78 is 10.8. The van der Waals surface area contributed by atoms with Gasteiger partial charge in [-0.25, -0.2) is 4.79 Å². The molecule has 22 heavy (non-hydrogen) atoms. The molecule has 0 saturated carbocycles. The van der Waals surface area contributed by atoms with Gasteiger partial charge >= 0.3 is 6.03 Å². The van der Waals surface area contributed by atoms with Crippen LogP contribution in [0.3, 0.4) is 0 Å². The van der Waals surface area contributed by atoms with Crippen LogP contribution in [0.15, 0.2) is 4.52 Å². The van der Waals surface area contributed by atoms with Gasteiger partial charge in [0.15, 0.2) is 5.76 Å². The number of hydrogen-bond donors (Lipinski definition) is 1. The van der Waals surface area contributed by atoms with Crippen LogP contribution >= 0.6 is 11.8 Å². The van der Waals surface area contributed by atoms with Crippen LogP contribution < -0.4 is 5.32 Å². The molecule has 0 bridgehead atoms. The van der Waals surface area contributed by atoms with Crippen molar-refractivity contribution in [1.29, 1.82) is 0 Å². The topological polar surface area (TPSA) is 67.6 Å². The third-order valence-corrected chi connectivity index (χ3v) is 5.98. The molecule has 3 heterocycles. The van der Waals surface area contributed by atoms with Crippen molar-refractivity contribution in [2.75, 3.05) is 37.4 Å². The minimum Gasteiger partial charge on any atom is -0.381 e. The molecule has 0 aliphatic carbocycles. The summed E-state index contributed by atoms with van der Waals surface area (Å²) in [5.41, 5.74) is 1.53. The lowest BCUT2D eigenvalue weighted by Crippen LogP contribution is -2.52. The Labute approximate surface area is 134 Å². The van der Waals surface area contributed by atoms with Crippen LogP contribution in [0.1, 0.15) is 31.2 Å². The summed E-state index contributed by atoms with van der Waals surface area (Å²) in [5, 5.41) is 6.98. The zero-order valence-electron chi connectivity index (χ0n) is 13.2. The highest BCUT2D eigenvalue weighted by Crippen LogP contribution is 2.39. The van der Waals surface area contributed by atoms with E-state index < -0.39 is 0 Å². The van der Waals surface area contributed by atoms with E-state index in [4.69, 9.17) is 9.26 Å². The Balaban J connectivity index is 1.68. The van der Waals surface area contributed by atoms with Crippen molar-refractivity contribution < 1.29 is 14.1 Å². The minimum atomic E-state index is -0.0489. The predicted octanol–water partition coefficient (Wildman–Crippen LogP) is 2.68. The lowest BCUT2D eigenvalue weighted by molar-refractivity contribution is 0.0678. The van der Waals surface area contributed by atoms with Gasteiger partial charge in [0, 0.05) is 36.8 Å². The molecule has 2 aliphatic rings. The van der Waals surface area contributed by atoms with Crippen molar-refractivity contribution in [3.05, 3.63) is 11.5 Å². The lowest BCUT2D eigenvalue weighted by Gasteiger charge is -2.44. The number of carbonyl (C=O) groups excluding carboxylic acids is 1. The van der Waals surface area contributed by atoms with E-state index in [1.807, 2.05) is 30.5 Å². The molecule has 1 aromatic rings. The smallest absolute Gasteiger partial charge is 0.322 e. The molecule has 6 nitrogen and oxygen atoms in total. The van der Waals surface area contributed by atoms with Crippen LogP contribution in [0, 0.1) is 6.92 Å². The molecule has 1 aromatic heterocycles. The number of hydrogen-bond acceptors (Lipinski definition) is 5. The predicted molar refractivity (Wildman–Crippen MR) is 86.5 cm³/mol. The molecular weight excluding hydrogens is 302 g/mol. The van der Waals surface area contributed by atoms with Crippen LogP contribution in [0.2, 0.25) is 0 Å². The maximum absolute atomic E-state index is 12.6. The summed E-state index contributed by atoms with van der Waals surface area (Å²) in [5.74, 6) is 1.65. The highest BCUT2D eigenvalue weighted by atomic mass is 32.2. The first-order chi connectivity index (χ1) is 10.6. The quantitative estimate of drug-likeness (QED) is 0.905. The number of aryl methyl sites for hydroxylation is 2. The Bertz CT molecular complexity index is 535. The van der Waals surface area contributed by atoms with E-state index in [0.717, 1.165) is 62.7 Å². The Hall–Kier alpha value is -1.21. The summed E-state index contributed by atoms with van der Waals surface area (Å²) in [6.07, 6.45) is 2.78. The van der Waals surface area contributed by atoms with Gasteiger partial charge in [0.25, 0.3) is 0 Å². The SMILES string of the molecule is CCc1noc(C)c1NC(=O)N1CCSC2(CCOCC2)C1. The number of aromatic nitrogens is 1. The molecule has 2 saturated heterocycles. The summed E-state index contributed by atoms with van der Waals surface area (Å²) in [6.45, 7) is 7.00. The molecule has 2 fully saturated rings. The van der Waals surface area contributed by atoms with Crippen molar-refractivity contribution >= 4 is 23.5 Å². The van der Waals surface area contributed by atoms with Gasteiger partial charge in [0.1, 0.15) is 11.4 Å².